The lowest BCUT2D eigenvalue weighted by Crippen LogP contribution is -2.26. The van der Waals surface area contributed by atoms with Crippen molar-refractivity contribution in [3.8, 4) is 6.08 Å². The first-order valence-electron chi connectivity index (χ1n) is 5.09. The van der Waals surface area contributed by atoms with E-state index in [4.69, 9.17) is 9.15 Å². The molecule has 18 heavy (non-hydrogen) atoms. The summed E-state index contributed by atoms with van der Waals surface area (Å²) in [4.78, 5) is 21.5. The minimum absolute atomic E-state index is 0.0922. The van der Waals surface area contributed by atoms with Crippen LogP contribution in [0, 0.1) is 0 Å². The number of halogens is 1. The zero-order valence-corrected chi connectivity index (χ0v) is 12.1. The molecule has 2 aromatic heterocycles. The Morgan fingerprint density at radius 2 is 2.44 bits per heavy atom. The maximum absolute atomic E-state index is 12.1. The van der Waals surface area contributed by atoms with Gasteiger partial charge in [0.25, 0.3) is 5.91 Å². The van der Waals surface area contributed by atoms with Crippen LogP contribution in [0.15, 0.2) is 20.7 Å². The molecule has 0 aliphatic heterocycles. The van der Waals surface area contributed by atoms with Crippen molar-refractivity contribution in [2.75, 3.05) is 18.6 Å². The molecule has 2 rings (SSSR count). The summed E-state index contributed by atoms with van der Waals surface area (Å²) in [5.41, 5.74) is 0.187. The number of amides is 1. The Kier molecular flexibility index (Phi) is 3.97. The Morgan fingerprint density at radius 3 is 3.06 bits per heavy atom. The third kappa shape index (κ3) is 2.70. The first-order valence-corrected chi connectivity index (χ1v) is 6.70. The molecule has 0 saturated carbocycles. The fourth-order valence-electron chi connectivity index (χ4n) is 1.20. The van der Waals surface area contributed by atoms with E-state index in [0.29, 0.717) is 11.7 Å². The van der Waals surface area contributed by atoms with Crippen LogP contribution in [0.3, 0.4) is 0 Å². The lowest BCUT2D eigenvalue weighted by atomic mass is 10.4. The largest absolute Gasteiger partial charge is 0.450 e. The van der Waals surface area contributed by atoms with Crippen LogP contribution < -0.4 is 9.64 Å². The van der Waals surface area contributed by atoms with Crippen molar-refractivity contribution in [3.05, 3.63) is 21.9 Å². The topological polar surface area (TPSA) is 68.5 Å². The van der Waals surface area contributed by atoms with Crippen molar-refractivity contribution in [3.63, 3.8) is 0 Å². The van der Waals surface area contributed by atoms with Crippen molar-refractivity contribution in [1.29, 1.82) is 0 Å². The Hall–Kier alpha value is -1.41. The molecule has 0 N–H and O–H groups in total. The molecule has 0 fully saturated rings. The summed E-state index contributed by atoms with van der Waals surface area (Å²) >= 11 is 4.65. The zero-order chi connectivity index (χ0) is 13.1. The van der Waals surface area contributed by atoms with Crippen LogP contribution in [0.25, 0.3) is 0 Å². The molecule has 0 unspecified atom stereocenters. The van der Waals surface area contributed by atoms with Crippen LogP contribution in [0.5, 0.6) is 6.08 Å². The zero-order valence-electron chi connectivity index (χ0n) is 9.71. The normalized spacial score (nSPS) is 10.4. The van der Waals surface area contributed by atoms with Gasteiger partial charge >= 0.3 is 6.08 Å². The Morgan fingerprint density at radius 1 is 1.67 bits per heavy atom. The summed E-state index contributed by atoms with van der Waals surface area (Å²) in [6, 6.07) is 0. The van der Waals surface area contributed by atoms with Crippen molar-refractivity contribution >= 4 is 38.3 Å². The Bertz CT molecular complexity index is 554. The molecule has 0 bridgehead atoms. The van der Waals surface area contributed by atoms with Crippen LogP contribution in [-0.2, 0) is 0 Å². The molecule has 6 nitrogen and oxygen atoms in total. The Labute approximate surface area is 116 Å². The van der Waals surface area contributed by atoms with E-state index in [0.717, 1.165) is 3.79 Å². The van der Waals surface area contributed by atoms with Crippen molar-refractivity contribution in [2.45, 2.75) is 6.92 Å². The molecular formula is C10H10BrN3O3S. The summed E-state index contributed by atoms with van der Waals surface area (Å²) in [6.07, 6.45) is 3.00. The number of ether oxygens (including phenoxy) is 1. The van der Waals surface area contributed by atoms with Gasteiger partial charge in [-0.2, -0.15) is 4.98 Å². The molecular weight excluding hydrogens is 322 g/mol. The molecule has 0 aliphatic carbocycles. The molecule has 96 valence electrons. The van der Waals surface area contributed by atoms with Gasteiger partial charge in [-0.1, -0.05) is 11.3 Å². The highest BCUT2D eigenvalue weighted by Gasteiger charge is 2.20. The van der Waals surface area contributed by atoms with E-state index in [-0.39, 0.29) is 17.7 Å². The third-order valence-corrected chi connectivity index (χ3v) is 3.58. The fourth-order valence-corrected chi connectivity index (χ4v) is 2.35. The van der Waals surface area contributed by atoms with Gasteiger partial charge in [0, 0.05) is 7.05 Å². The summed E-state index contributed by atoms with van der Waals surface area (Å²) in [5, 5.41) is 0.577. The van der Waals surface area contributed by atoms with E-state index >= 15 is 0 Å². The molecule has 2 heterocycles. The van der Waals surface area contributed by atoms with Gasteiger partial charge in [0.15, 0.2) is 10.8 Å². The van der Waals surface area contributed by atoms with Gasteiger partial charge in [-0.15, -0.1) is 0 Å². The van der Waals surface area contributed by atoms with Crippen LogP contribution in [-0.4, -0.2) is 29.5 Å². The lowest BCUT2D eigenvalue weighted by molar-refractivity contribution is 0.0988. The number of carbonyl (C=O) groups is 1. The molecule has 0 radical (unpaired) electrons. The molecule has 0 spiro atoms. The molecule has 0 aromatic carbocycles. The standard InChI is InChI=1S/C10H10BrN3O3S/c1-3-16-10-13-6(5-17-10)8(15)14(2)9-12-4-7(11)18-9/h4-5H,3H2,1-2H3. The van der Waals surface area contributed by atoms with E-state index in [1.807, 2.05) is 6.92 Å². The van der Waals surface area contributed by atoms with Crippen molar-refractivity contribution in [2.24, 2.45) is 0 Å². The summed E-state index contributed by atoms with van der Waals surface area (Å²) in [6.45, 7) is 2.24. The van der Waals surface area contributed by atoms with Gasteiger partial charge in [-0.25, -0.2) is 4.98 Å². The smallest absolute Gasteiger partial charge is 0.394 e. The number of hydrogen-bond acceptors (Lipinski definition) is 6. The van der Waals surface area contributed by atoms with Gasteiger partial charge < -0.3 is 9.15 Å². The van der Waals surface area contributed by atoms with Crippen LogP contribution in [0.4, 0.5) is 5.13 Å². The number of hydrogen-bond donors (Lipinski definition) is 0. The molecule has 0 aliphatic rings. The average Bonchev–Trinajstić information content (AvgIpc) is 2.97. The summed E-state index contributed by atoms with van der Waals surface area (Å²) in [7, 11) is 1.63. The number of oxazole rings is 1. The molecule has 1 amide bonds. The van der Waals surface area contributed by atoms with Crippen molar-refractivity contribution < 1.29 is 13.9 Å². The summed E-state index contributed by atoms with van der Waals surface area (Å²) < 4.78 is 10.9. The number of rotatable bonds is 4. The van der Waals surface area contributed by atoms with Crippen LogP contribution in [0.1, 0.15) is 17.4 Å². The Balaban J connectivity index is 2.14. The van der Waals surface area contributed by atoms with E-state index < -0.39 is 0 Å². The van der Waals surface area contributed by atoms with Crippen LogP contribution >= 0.6 is 27.3 Å². The minimum Gasteiger partial charge on any atom is -0.450 e. The predicted octanol–water partition coefficient (Wildman–Crippen LogP) is 2.57. The van der Waals surface area contributed by atoms with E-state index in [9.17, 15) is 4.79 Å². The van der Waals surface area contributed by atoms with Crippen molar-refractivity contribution in [1.82, 2.24) is 9.97 Å². The fraction of sp³-hybridized carbons (Fsp3) is 0.300. The molecule has 8 heteroatoms. The predicted molar refractivity (Wildman–Crippen MR) is 70.2 cm³/mol. The molecule has 0 saturated heterocycles. The molecule has 0 atom stereocenters. The number of nitrogens with zero attached hydrogens (tertiary/aromatic N) is 3. The number of anilines is 1. The van der Waals surface area contributed by atoms with E-state index in [2.05, 4.69) is 25.9 Å². The van der Waals surface area contributed by atoms with E-state index in [1.54, 1.807) is 13.2 Å². The highest BCUT2D eigenvalue weighted by molar-refractivity contribution is 9.11. The third-order valence-electron chi connectivity index (χ3n) is 2.03. The quantitative estimate of drug-likeness (QED) is 0.861. The van der Waals surface area contributed by atoms with Gasteiger partial charge in [0.2, 0.25) is 0 Å². The maximum Gasteiger partial charge on any atom is 0.394 e. The van der Waals surface area contributed by atoms with Gasteiger partial charge in [-0.3, -0.25) is 9.69 Å². The monoisotopic (exact) mass is 331 g/mol. The van der Waals surface area contributed by atoms with Gasteiger partial charge in [0.1, 0.15) is 6.26 Å². The first kappa shape index (κ1) is 13.0. The highest BCUT2D eigenvalue weighted by Crippen LogP contribution is 2.26. The second kappa shape index (κ2) is 5.49. The number of aromatic nitrogens is 2. The SMILES string of the molecule is CCOc1nc(C(=O)N(C)c2ncc(Br)s2)co1. The lowest BCUT2D eigenvalue weighted by Gasteiger charge is -2.10. The highest BCUT2D eigenvalue weighted by atomic mass is 79.9. The maximum atomic E-state index is 12.1. The minimum atomic E-state index is -0.299. The number of thiazole rings is 1. The second-order valence-corrected chi connectivity index (χ2v) is 5.63. The first-order chi connectivity index (χ1) is 8.61. The molecule has 2 aromatic rings. The van der Waals surface area contributed by atoms with Gasteiger partial charge in [0.05, 0.1) is 16.6 Å². The average molecular weight is 332 g/mol. The van der Waals surface area contributed by atoms with Crippen LogP contribution in [0.2, 0.25) is 0 Å². The van der Waals surface area contributed by atoms with E-state index in [1.165, 1.54) is 22.5 Å². The summed E-state index contributed by atoms with van der Waals surface area (Å²) in [5.74, 6) is -0.299. The second-order valence-electron chi connectivity index (χ2n) is 3.24. The number of carbonyl (C=O) groups excluding carboxylic acids is 1. The van der Waals surface area contributed by atoms with Gasteiger partial charge in [-0.05, 0) is 22.9 Å².